The van der Waals surface area contributed by atoms with Gasteiger partial charge < -0.3 is 10.1 Å². The zero-order valence-electron chi connectivity index (χ0n) is 16.0. The second-order valence-corrected chi connectivity index (χ2v) is 6.86. The fraction of sp³-hybridized carbons (Fsp3) is 0.381. The molecular formula is C21H25N3O3. The van der Waals surface area contributed by atoms with Crippen molar-refractivity contribution >= 4 is 18.0 Å². The lowest BCUT2D eigenvalue weighted by Crippen LogP contribution is -2.34. The highest BCUT2D eigenvalue weighted by molar-refractivity contribution is 5.89. The van der Waals surface area contributed by atoms with Crippen molar-refractivity contribution in [3.8, 4) is 0 Å². The summed E-state index contributed by atoms with van der Waals surface area (Å²) < 4.78 is 6.84. The molecule has 1 N–H and O–H groups in total. The fourth-order valence-electron chi connectivity index (χ4n) is 3.51. The van der Waals surface area contributed by atoms with Gasteiger partial charge in [0, 0.05) is 24.4 Å². The third-order valence-electron chi connectivity index (χ3n) is 5.00. The van der Waals surface area contributed by atoms with Gasteiger partial charge in [-0.05, 0) is 50.3 Å². The number of carbonyl (C=O) groups excluding carboxylic acids is 2. The van der Waals surface area contributed by atoms with E-state index < -0.39 is 5.97 Å². The Balaban J connectivity index is 1.52. The minimum absolute atomic E-state index is 0.0163. The van der Waals surface area contributed by atoms with Crippen molar-refractivity contribution in [2.24, 2.45) is 7.05 Å². The number of ether oxygens (including phenoxy) is 1. The number of carbonyl (C=O) groups is 2. The smallest absolute Gasteiger partial charge is 0.331 e. The summed E-state index contributed by atoms with van der Waals surface area (Å²) in [5.41, 5.74) is 5.12. The van der Waals surface area contributed by atoms with Gasteiger partial charge in [-0.15, -0.1) is 0 Å². The third kappa shape index (κ3) is 4.45. The first-order valence-electron chi connectivity index (χ1n) is 9.18. The highest BCUT2D eigenvalue weighted by atomic mass is 16.5. The summed E-state index contributed by atoms with van der Waals surface area (Å²) in [5, 5.41) is 7.27. The molecule has 6 heteroatoms. The van der Waals surface area contributed by atoms with E-state index in [2.05, 4.69) is 16.5 Å². The number of hydrogen-bond acceptors (Lipinski definition) is 4. The first-order valence-corrected chi connectivity index (χ1v) is 9.18. The minimum atomic E-state index is -0.545. The van der Waals surface area contributed by atoms with Crippen molar-refractivity contribution in [3.63, 3.8) is 0 Å². The summed E-state index contributed by atoms with van der Waals surface area (Å²) in [7, 11) is 1.85. The van der Waals surface area contributed by atoms with Crippen LogP contribution in [-0.4, -0.2) is 28.3 Å². The Hall–Kier alpha value is -2.89. The Morgan fingerprint density at radius 1 is 1.33 bits per heavy atom. The average molecular weight is 367 g/mol. The van der Waals surface area contributed by atoms with Crippen LogP contribution in [0.25, 0.3) is 6.08 Å². The zero-order valence-corrected chi connectivity index (χ0v) is 16.0. The molecule has 27 heavy (non-hydrogen) atoms. The Morgan fingerprint density at radius 2 is 2.11 bits per heavy atom. The summed E-state index contributed by atoms with van der Waals surface area (Å²) in [5.74, 6) is -0.830. The summed E-state index contributed by atoms with van der Waals surface area (Å²) in [6.45, 7) is 3.53. The molecule has 142 valence electrons. The Labute approximate surface area is 159 Å². The number of nitrogens with zero attached hydrogens (tertiary/aromatic N) is 2. The lowest BCUT2D eigenvalue weighted by atomic mass is 9.88. The second kappa shape index (κ2) is 8.20. The maximum absolute atomic E-state index is 12.2. The molecule has 0 radical (unpaired) electrons. The van der Waals surface area contributed by atoms with E-state index in [4.69, 9.17) is 4.74 Å². The van der Waals surface area contributed by atoms with Gasteiger partial charge in [-0.2, -0.15) is 5.10 Å². The van der Waals surface area contributed by atoms with Gasteiger partial charge in [-0.3, -0.25) is 9.48 Å². The van der Waals surface area contributed by atoms with Crippen LogP contribution in [0.5, 0.6) is 0 Å². The number of hydrogen-bond donors (Lipinski definition) is 1. The minimum Gasteiger partial charge on any atom is -0.452 e. The van der Waals surface area contributed by atoms with E-state index in [1.807, 2.05) is 39.1 Å². The summed E-state index contributed by atoms with van der Waals surface area (Å²) in [4.78, 5) is 24.1. The first-order chi connectivity index (χ1) is 13.0. The van der Waals surface area contributed by atoms with Gasteiger partial charge in [0.1, 0.15) is 0 Å². The number of benzene rings is 1. The van der Waals surface area contributed by atoms with E-state index in [1.54, 1.807) is 10.8 Å². The molecule has 1 amide bonds. The average Bonchev–Trinajstić information content (AvgIpc) is 2.90. The van der Waals surface area contributed by atoms with Crippen LogP contribution in [0.3, 0.4) is 0 Å². The molecule has 0 unspecified atom stereocenters. The van der Waals surface area contributed by atoms with Crippen molar-refractivity contribution in [2.75, 3.05) is 6.61 Å². The molecule has 2 aromatic rings. The van der Waals surface area contributed by atoms with Gasteiger partial charge >= 0.3 is 5.97 Å². The van der Waals surface area contributed by atoms with Gasteiger partial charge in [-0.1, -0.05) is 24.3 Å². The first kappa shape index (κ1) is 18.9. The van der Waals surface area contributed by atoms with Crippen molar-refractivity contribution in [2.45, 2.75) is 39.2 Å². The number of amides is 1. The van der Waals surface area contributed by atoms with Gasteiger partial charge in [-0.25, -0.2) is 4.79 Å². The second-order valence-electron chi connectivity index (χ2n) is 6.86. The number of aromatic nitrogens is 2. The van der Waals surface area contributed by atoms with Crippen LogP contribution >= 0.6 is 0 Å². The van der Waals surface area contributed by atoms with E-state index in [1.165, 1.54) is 11.6 Å². The monoisotopic (exact) mass is 367 g/mol. The molecule has 1 aliphatic rings. The topological polar surface area (TPSA) is 73.2 Å². The molecule has 1 aliphatic carbocycles. The molecule has 1 aromatic carbocycles. The summed E-state index contributed by atoms with van der Waals surface area (Å²) in [6.07, 6.45) is 5.98. The molecular weight excluding hydrogens is 342 g/mol. The van der Waals surface area contributed by atoms with Crippen LogP contribution in [0.1, 0.15) is 47.0 Å². The van der Waals surface area contributed by atoms with Crippen molar-refractivity contribution in [3.05, 3.63) is 58.4 Å². The summed E-state index contributed by atoms with van der Waals surface area (Å²) >= 11 is 0. The predicted octanol–water partition coefficient (Wildman–Crippen LogP) is 2.79. The number of esters is 1. The number of nitrogens with one attached hydrogen (secondary N) is 1. The van der Waals surface area contributed by atoms with Gasteiger partial charge in [0.05, 0.1) is 11.7 Å². The van der Waals surface area contributed by atoms with Crippen LogP contribution < -0.4 is 5.32 Å². The van der Waals surface area contributed by atoms with Crippen LogP contribution in [0.2, 0.25) is 0 Å². The maximum Gasteiger partial charge on any atom is 0.331 e. The number of fused-ring (bicyclic) bond motifs is 1. The molecule has 0 fully saturated rings. The zero-order chi connectivity index (χ0) is 19.4. The predicted molar refractivity (Wildman–Crippen MR) is 103 cm³/mol. The van der Waals surface area contributed by atoms with Crippen molar-refractivity contribution < 1.29 is 14.3 Å². The van der Waals surface area contributed by atoms with Crippen LogP contribution in [0, 0.1) is 13.8 Å². The Morgan fingerprint density at radius 3 is 2.85 bits per heavy atom. The molecule has 0 saturated carbocycles. The van der Waals surface area contributed by atoms with E-state index >= 15 is 0 Å². The highest BCUT2D eigenvalue weighted by Crippen LogP contribution is 2.29. The molecule has 0 spiro atoms. The van der Waals surface area contributed by atoms with Gasteiger partial charge in [0.2, 0.25) is 0 Å². The lowest BCUT2D eigenvalue weighted by molar-refractivity contribution is -0.144. The molecule has 0 saturated heterocycles. The van der Waals surface area contributed by atoms with Crippen LogP contribution in [0.4, 0.5) is 0 Å². The van der Waals surface area contributed by atoms with Gasteiger partial charge in [0.15, 0.2) is 6.61 Å². The van der Waals surface area contributed by atoms with E-state index in [0.717, 1.165) is 41.8 Å². The Kier molecular flexibility index (Phi) is 5.74. The standard InChI is InChI=1S/C21H25N3O3/c1-14-17(15(2)24(3)23-14)11-12-21(26)27-13-20(25)22-19-10-6-8-16-7-4-5-9-18(16)19/h4-5,7,9,11-12,19H,6,8,10,13H2,1-3H3,(H,22,25)/b12-11+/t19-/m0/s1. The van der Waals surface area contributed by atoms with E-state index in [-0.39, 0.29) is 18.6 Å². The molecule has 1 heterocycles. The molecule has 3 rings (SSSR count). The fourth-order valence-corrected chi connectivity index (χ4v) is 3.51. The van der Waals surface area contributed by atoms with Crippen molar-refractivity contribution in [1.29, 1.82) is 0 Å². The molecule has 1 atom stereocenters. The molecule has 6 nitrogen and oxygen atoms in total. The normalized spacial score (nSPS) is 16.2. The van der Waals surface area contributed by atoms with Crippen LogP contribution in [0.15, 0.2) is 30.3 Å². The lowest BCUT2D eigenvalue weighted by Gasteiger charge is -2.26. The van der Waals surface area contributed by atoms with Crippen LogP contribution in [-0.2, 0) is 27.8 Å². The summed E-state index contributed by atoms with van der Waals surface area (Å²) in [6, 6.07) is 8.13. The molecule has 1 aromatic heterocycles. The van der Waals surface area contributed by atoms with Gasteiger partial charge in [0.25, 0.3) is 5.91 Å². The quantitative estimate of drug-likeness (QED) is 0.651. The third-order valence-corrected chi connectivity index (χ3v) is 5.00. The van der Waals surface area contributed by atoms with Crippen molar-refractivity contribution in [1.82, 2.24) is 15.1 Å². The number of aryl methyl sites for hydroxylation is 3. The largest absolute Gasteiger partial charge is 0.452 e. The SMILES string of the molecule is Cc1nn(C)c(C)c1/C=C/C(=O)OCC(=O)N[C@H]1CCCc2ccccc21. The van der Waals surface area contributed by atoms with E-state index in [9.17, 15) is 9.59 Å². The highest BCUT2D eigenvalue weighted by Gasteiger charge is 2.21. The Bertz CT molecular complexity index is 883. The maximum atomic E-state index is 12.2. The molecule has 0 bridgehead atoms. The number of rotatable bonds is 5. The van der Waals surface area contributed by atoms with E-state index in [0.29, 0.717) is 0 Å². The molecule has 0 aliphatic heterocycles.